The van der Waals surface area contributed by atoms with Gasteiger partial charge in [0.1, 0.15) is 0 Å². The number of rotatable bonds is 4. The van der Waals surface area contributed by atoms with E-state index in [0.29, 0.717) is 0 Å². The first kappa shape index (κ1) is 12.4. The molecule has 0 spiro atoms. The average molecular weight is 286 g/mol. The number of anilines is 1. The van der Waals surface area contributed by atoms with Crippen molar-refractivity contribution in [2.24, 2.45) is 0 Å². The molecule has 4 heteroatoms. The van der Waals surface area contributed by atoms with Gasteiger partial charge in [0.25, 0.3) is 0 Å². The standard InChI is InChI=1S/C15H14N2S2/c1-11(14-9-18-10-16-14)17-13-6-3-2-5-12(13)15-7-4-8-19-15/h2-11,17H,1H3. The van der Waals surface area contributed by atoms with Crippen molar-refractivity contribution in [2.75, 3.05) is 5.32 Å². The lowest BCUT2D eigenvalue weighted by atomic mass is 10.1. The van der Waals surface area contributed by atoms with Gasteiger partial charge in [-0.25, -0.2) is 4.98 Å². The summed E-state index contributed by atoms with van der Waals surface area (Å²) in [5.74, 6) is 0. The van der Waals surface area contributed by atoms with E-state index in [1.165, 1.54) is 10.4 Å². The Morgan fingerprint density at radius 3 is 2.79 bits per heavy atom. The normalized spacial score (nSPS) is 12.3. The molecule has 0 aliphatic carbocycles. The predicted octanol–water partition coefficient (Wildman–Crippen LogP) is 5.04. The number of para-hydroxylation sites is 1. The monoisotopic (exact) mass is 286 g/mol. The molecule has 0 amide bonds. The van der Waals surface area contributed by atoms with Gasteiger partial charge < -0.3 is 5.32 Å². The number of nitrogens with zero attached hydrogens (tertiary/aromatic N) is 1. The molecule has 0 fully saturated rings. The number of thiazole rings is 1. The second-order valence-electron chi connectivity index (χ2n) is 4.30. The van der Waals surface area contributed by atoms with Crippen molar-refractivity contribution in [2.45, 2.75) is 13.0 Å². The molecule has 1 N–H and O–H groups in total. The third-order valence-corrected chi connectivity index (χ3v) is 4.49. The van der Waals surface area contributed by atoms with Crippen molar-refractivity contribution in [3.05, 3.63) is 58.4 Å². The summed E-state index contributed by atoms with van der Waals surface area (Å²) in [5, 5.41) is 7.75. The Kier molecular flexibility index (Phi) is 3.62. The third-order valence-electron chi connectivity index (χ3n) is 2.98. The predicted molar refractivity (Wildman–Crippen MR) is 83.9 cm³/mol. The quantitative estimate of drug-likeness (QED) is 0.726. The summed E-state index contributed by atoms with van der Waals surface area (Å²) < 4.78 is 0. The van der Waals surface area contributed by atoms with E-state index in [9.17, 15) is 0 Å². The highest BCUT2D eigenvalue weighted by atomic mass is 32.1. The van der Waals surface area contributed by atoms with Crippen LogP contribution in [0.25, 0.3) is 10.4 Å². The van der Waals surface area contributed by atoms with Gasteiger partial charge in [-0.05, 0) is 24.4 Å². The van der Waals surface area contributed by atoms with Crippen LogP contribution in [0.5, 0.6) is 0 Å². The van der Waals surface area contributed by atoms with E-state index in [1.807, 2.05) is 5.51 Å². The first-order valence-electron chi connectivity index (χ1n) is 6.12. The van der Waals surface area contributed by atoms with Crippen LogP contribution < -0.4 is 5.32 Å². The summed E-state index contributed by atoms with van der Waals surface area (Å²) in [6, 6.07) is 12.9. The summed E-state index contributed by atoms with van der Waals surface area (Å²) in [4.78, 5) is 5.65. The molecular formula is C15H14N2S2. The largest absolute Gasteiger partial charge is 0.376 e. The fraction of sp³-hybridized carbons (Fsp3) is 0.133. The first-order chi connectivity index (χ1) is 9.34. The summed E-state index contributed by atoms with van der Waals surface area (Å²) >= 11 is 3.39. The summed E-state index contributed by atoms with van der Waals surface area (Å²) in [6.45, 7) is 2.14. The zero-order valence-corrected chi connectivity index (χ0v) is 12.2. The van der Waals surface area contributed by atoms with Gasteiger partial charge in [0.15, 0.2) is 0 Å². The molecule has 0 aliphatic heterocycles. The highest BCUT2D eigenvalue weighted by Crippen LogP contribution is 2.33. The molecule has 2 nitrogen and oxygen atoms in total. The Morgan fingerprint density at radius 1 is 1.16 bits per heavy atom. The maximum atomic E-state index is 4.36. The minimum absolute atomic E-state index is 0.215. The van der Waals surface area contributed by atoms with Gasteiger partial charge in [0.05, 0.1) is 17.2 Å². The minimum atomic E-state index is 0.215. The third kappa shape index (κ3) is 2.69. The van der Waals surface area contributed by atoms with E-state index >= 15 is 0 Å². The molecular weight excluding hydrogens is 272 g/mol. The molecule has 0 aliphatic rings. The van der Waals surface area contributed by atoms with Gasteiger partial charge in [-0.1, -0.05) is 24.3 Å². The van der Waals surface area contributed by atoms with Crippen molar-refractivity contribution in [3.8, 4) is 10.4 Å². The van der Waals surface area contributed by atoms with E-state index < -0.39 is 0 Å². The second kappa shape index (κ2) is 5.55. The van der Waals surface area contributed by atoms with Crippen LogP contribution in [-0.2, 0) is 0 Å². The summed E-state index contributed by atoms with van der Waals surface area (Å²) in [5.41, 5.74) is 5.37. The molecule has 3 aromatic rings. The number of hydrogen-bond acceptors (Lipinski definition) is 4. The molecule has 1 aromatic carbocycles. The Labute approximate surface area is 120 Å². The van der Waals surface area contributed by atoms with Crippen molar-refractivity contribution >= 4 is 28.4 Å². The zero-order chi connectivity index (χ0) is 13.1. The molecule has 0 radical (unpaired) electrons. The first-order valence-corrected chi connectivity index (χ1v) is 7.94. The van der Waals surface area contributed by atoms with Crippen molar-refractivity contribution in [1.82, 2.24) is 4.98 Å². The van der Waals surface area contributed by atoms with Crippen molar-refractivity contribution < 1.29 is 0 Å². The van der Waals surface area contributed by atoms with E-state index in [1.54, 1.807) is 22.7 Å². The van der Waals surface area contributed by atoms with Crippen LogP contribution in [0.2, 0.25) is 0 Å². The van der Waals surface area contributed by atoms with E-state index in [4.69, 9.17) is 0 Å². The van der Waals surface area contributed by atoms with Gasteiger partial charge in [0, 0.05) is 21.5 Å². The lowest BCUT2D eigenvalue weighted by Crippen LogP contribution is -2.07. The van der Waals surface area contributed by atoms with Crippen molar-refractivity contribution in [3.63, 3.8) is 0 Å². The molecule has 2 heterocycles. The van der Waals surface area contributed by atoms with E-state index in [2.05, 4.69) is 64.4 Å². The number of benzene rings is 1. The smallest absolute Gasteiger partial charge is 0.0795 e. The van der Waals surface area contributed by atoms with Gasteiger partial charge >= 0.3 is 0 Å². The van der Waals surface area contributed by atoms with E-state index in [-0.39, 0.29) is 6.04 Å². The second-order valence-corrected chi connectivity index (χ2v) is 5.97. The van der Waals surface area contributed by atoms with Crippen LogP contribution in [0.4, 0.5) is 5.69 Å². The van der Waals surface area contributed by atoms with Crippen LogP contribution in [0, 0.1) is 0 Å². The SMILES string of the molecule is CC(Nc1ccccc1-c1cccs1)c1cscn1. The lowest BCUT2D eigenvalue weighted by Gasteiger charge is -2.16. The maximum Gasteiger partial charge on any atom is 0.0795 e. The fourth-order valence-electron chi connectivity index (χ4n) is 2.00. The topological polar surface area (TPSA) is 24.9 Å². The van der Waals surface area contributed by atoms with Crippen LogP contribution in [-0.4, -0.2) is 4.98 Å². The molecule has 1 unspecified atom stereocenters. The Hall–Kier alpha value is -1.65. The highest BCUT2D eigenvalue weighted by Gasteiger charge is 2.11. The molecule has 96 valence electrons. The van der Waals surface area contributed by atoms with Gasteiger partial charge in [-0.2, -0.15) is 0 Å². The summed E-state index contributed by atoms with van der Waals surface area (Å²) in [6.07, 6.45) is 0. The Balaban J connectivity index is 1.89. The van der Waals surface area contributed by atoms with Crippen LogP contribution in [0.15, 0.2) is 52.7 Å². The van der Waals surface area contributed by atoms with Gasteiger partial charge in [0.2, 0.25) is 0 Å². The minimum Gasteiger partial charge on any atom is -0.376 e. The molecule has 0 saturated heterocycles. The number of hydrogen-bond donors (Lipinski definition) is 1. The molecule has 0 saturated carbocycles. The van der Waals surface area contributed by atoms with Crippen LogP contribution in [0.1, 0.15) is 18.7 Å². The fourth-order valence-corrected chi connectivity index (χ4v) is 3.41. The molecule has 1 atom stereocenters. The Morgan fingerprint density at radius 2 is 2.05 bits per heavy atom. The maximum absolute atomic E-state index is 4.36. The van der Waals surface area contributed by atoms with E-state index in [0.717, 1.165) is 11.4 Å². The van der Waals surface area contributed by atoms with Crippen LogP contribution >= 0.6 is 22.7 Å². The molecule has 3 rings (SSSR count). The zero-order valence-electron chi connectivity index (χ0n) is 10.5. The average Bonchev–Trinajstić information content (AvgIpc) is 3.13. The van der Waals surface area contributed by atoms with Gasteiger partial charge in [-0.3, -0.25) is 0 Å². The Bertz CT molecular complexity index is 630. The number of nitrogens with one attached hydrogen (secondary N) is 1. The molecule has 0 bridgehead atoms. The molecule has 2 aromatic heterocycles. The summed E-state index contributed by atoms with van der Waals surface area (Å²) in [7, 11) is 0. The van der Waals surface area contributed by atoms with Crippen LogP contribution in [0.3, 0.4) is 0 Å². The number of aromatic nitrogens is 1. The van der Waals surface area contributed by atoms with Gasteiger partial charge in [-0.15, -0.1) is 22.7 Å². The molecule has 19 heavy (non-hydrogen) atoms. The highest BCUT2D eigenvalue weighted by molar-refractivity contribution is 7.13. The lowest BCUT2D eigenvalue weighted by molar-refractivity contribution is 0.851. The van der Waals surface area contributed by atoms with Crippen molar-refractivity contribution in [1.29, 1.82) is 0 Å². The number of thiophene rings is 1.